The van der Waals surface area contributed by atoms with Gasteiger partial charge in [0.1, 0.15) is 5.75 Å². The highest BCUT2D eigenvalue weighted by Crippen LogP contribution is 2.19. The van der Waals surface area contributed by atoms with Gasteiger partial charge in [-0.3, -0.25) is 0 Å². The topological polar surface area (TPSA) is 12.5 Å². The molecule has 1 aromatic carbocycles. The largest absolute Gasteiger partial charge is 0.497 e. The smallest absolute Gasteiger partial charge is 0.118 e. The summed E-state index contributed by atoms with van der Waals surface area (Å²) >= 11 is 0. The number of ether oxygens (including phenoxy) is 1. The lowest BCUT2D eigenvalue weighted by Gasteiger charge is -2.24. The minimum Gasteiger partial charge on any atom is -0.497 e. The van der Waals surface area contributed by atoms with Gasteiger partial charge >= 0.3 is 0 Å². The maximum absolute atomic E-state index is 5.15. The molecule has 1 heterocycles. The number of nitrogens with zero attached hydrogens (tertiary/aromatic N) is 1. The van der Waals surface area contributed by atoms with E-state index in [1.54, 1.807) is 12.7 Å². The third kappa shape index (κ3) is 2.86. The fraction of sp³-hybridized carbons (Fsp3) is 0.429. The lowest BCUT2D eigenvalue weighted by Crippen LogP contribution is -2.26. The van der Waals surface area contributed by atoms with Crippen molar-refractivity contribution >= 4 is 6.08 Å². The van der Waals surface area contributed by atoms with Crippen LogP contribution in [0.5, 0.6) is 5.75 Å². The second-order valence-corrected chi connectivity index (χ2v) is 4.38. The van der Waals surface area contributed by atoms with Crippen LogP contribution in [0.3, 0.4) is 0 Å². The Morgan fingerprint density at radius 3 is 2.31 bits per heavy atom. The molecule has 0 aliphatic carbocycles. The van der Waals surface area contributed by atoms with E-state index in [1.807, 2.05) is 12.1 Å². The number of hydrogen-bond donors (Lipinski definition) is 0. The third-order valence-electron chi connectivity index (χ3n) is 3.12. The molecule has 0 radical (unpaired) electrons. The number of hydrogen-bond acceptors (Lipinski definition) is 2. The zero-order valence-electron chi connectivity index (χ0n) is 10.1. The van der Waals surface area contributed by atoms with Crippen LogP contribution in [0.1, 0.15) is 18.4 Å². The molecule has 0 unspecified atom stereocenters. The number of methoxy groups -OCH3 is 1. The van der Waals surface area contributed by atoms with Crippen molar-refractivity contribution in [1.29, 1.82) is 0 Å². The maximum Gasteiger partial charge on any atom is 0.118 e. The Labute approximate surface area is 97.5 Å². The van der Waals surface area contributed by atoms with Gasteiger partial charge in [0.05, 0.1) is 7.11 Å². The second kappa shape index (κ2) is 5.17. The van der Waals surface area contributed by atoms with Crippen molar-refractivity contribution in [3.63, 3.8) is 0 Å². The molecule has 1 aromatic rings. The van der Waals surface area contributed by atoms with Gasteiger partial charge in [-0.2, -0.15) is 0 Å². The van der Waals surface area contributed by atoms with Gasteiger partial charge in [-0.1, -0.05) is 23.8 Å². The average molecular weight is 217 g/mol. The van der Waals surface area contributed by atoms with Crippen molar-refractivity contribution in [2.24, 2.45) is 0 Å². The first-order chi connectivity index (χ1) is 7.78. The Morgan fingerprint density at radius 1 is 1.12 bits per heavy atom. The molecule has 0 N–H and O–H groups in total. The van der Waals surface area contributed by atoms with Crippen LogP contribution in [0.2, 0.25) is 0 Å². The summed E-state index contributed by atoms with van der Waals surface area (Å²) in [5.74, 6) is 0.922. The molecule has 2 nitrogen and oxygen atoms in total. The van der Waals surface area contributed by atoms with E-state index < -0.39 is 0 Å². The number of piperidine rings is 1. The predicted octanol–water partition coefficient (Wildman–Crippen LogP) is 2.80. The summed E-state index contributed by atoms with van der Waals surface area (Å²) in [4.78, 5) is 2.38. The maximum atomic E-state index is 5.15. The van der Waals surface area contributed by atoms with E-state index in [4.69, 9.17) is 4.74 Å². The van der Waals surface area contributed by atoms with Crippen molar-refractivity contribution in [1.82, 2.24) is 4.90 Å². The van der Waals surface area contributed by atoms with Crippen LogP contribution < -0.4 is 4.74 Å². The van der Waals surface area contributed by atoms with Crippen LogP contribution in [0.15, 0.2) is 29.8 Å². The first-order valence-electron chi connectivity index (χ1n) is 5.80. The van der Waals surface area contributed by atoms with Crippen LogP contribution >= 0.6 is 0 Å². The molecule has 86 valence electrons. The average Bonchev–Trinajstić information content (AvgIpc) is 2.33. The first-order valence-corrected chi connectivity index (χ1v) is 5.80. The van der Waals surface area contributed by atoms with Crippen molar-refractivity contribution in [2.45, 2.75) is 12.8 Å². The Morgan fingerprint density at radius 2 is 1.75 bits per heavy atom. The Hall–Kier alpha value is -1.28. The van der Waals surface area contributed by atoms with E-state index >= 15 is 0 Å². The lowest BCUT2D eigenvalue weighted by molar-refractivity contribution is 0.313. The highest BCUT2D eigenvalue weighted by molar-refractivity contribution is 5.54. The Kier molecular flexibility index (Phi) is 3.62. The van der Waals surface area contributed by atoms with Gasteiger partial charge in [0.25, 0.3) is 0 Å². The molecule has 1 saturated heterocycles. The number of benzene rings is 1. The first kappa shape index (κ1) is 11.2. The van der Waals surface area contributed by atoms with E-state index in [9.17, 15) is 0 Å². The van der Waals surface area contributed by atoms with E-state index in [2.05, 4.69) is 30.2 Å². The molecule has 0 atom stereocenters. The molecule has 16 heavy (non-hydrogen) atoms. The quantitative estimate of drug-likeness (QED) is 0.755. The van der Waals surface area contributed by atoms with Gasteiger partial charge in [-0.05, 0) is 37.6 Å². The summed E-state index contributed by atoms with van der Waals surface area (Å²) in [7, 11) is 3.88. The molecule has 0 bridgehead atoms. The minimum absolute atomic E-state index is 0.922. The normalized spacial score (nSPS) is 17.2. The molecule has 1 aliphatic heterocycles. The van der Waals surface area contributed by atoms with Crippen molar-refractivity contribution < 1.29 is 4.74 Å². The van der Waals surface area contributed by atoms with Gasteiger partial charge in [-0.15, -0.1) is 0 Å². The number of likely N-dealkylation sites (tertiary alicyclic amines) is 1. The van der Waals surface area contributed by atoms with Gasteiger partial charge < -0.3 is 9.64 Å². The molecule has 0 aromatic heterocycles. The summed E-state index contributed by atoms with van der Waals surface area (Å²) in [6, 6.07) is 8.26. The van der Waals surface area contributed by atoms with E-state index in [-0.39, 0.29) is 0 Å². The second-order valence-electron chi connectivity index (χ2n) is 4.38. The Balaban J connectivity index is 2.04. The van der Waals surface area contributed by atoms with Crippen molar-refractivity contribution in [2.75, 3.05) is 27.2 Å². The van der Waals surface area contributed by atoms with E-state index in [0.717, 1.165) is 5.75 Å². The highest BCUT2D eigenvalue weighted by Gasteiger charge is 2.09. The lowest BCUT2D eigenvalue weighted by atomic mass is 10.0. The zero-order valence-corrected chi connectivity index (χ0v) is 10.1. The van der Waals surface area contributed by atoms with Crippen molar-refractivity contribution in [3.05, 3.63) is 35.4 Å². The van der Waals surface area contributed by atoms with Crippen LogP contribution in [0.25, 0.3) is 6.08 Å². The SMILES string of the molecule is COc1ccc(C=C2CCN(C)CC2)cc1. The fourth-order valence-corrected chi connectivity index (χ4v) is 1.99. The van der Waals surface area contributed by atoms with Gasteiger partial charge in [-0.25, -0.2) is 0 Å². The predicted molar refractivity (Wildman–Crippen MR) is 67.7 cm³/mol. The Bertz CT molecular complexity index is 357. The third-order valence-corrected chi connectivity index (χ3v) is 3.12. The fourth-order valence-electron chi connectivity index (χ4n) is 1.99. The van der Waals surface area contributed by atoms with Crippen LogP contribution in [-0.2, 0) is 0 Å². The summed E-state index contributed by atoms with van der Waals surface area (Å²) in [6.07, 6.45) is 4.71. The monoisotopic (exact) mass is 217 g/mol. The minimum atomic E-state index is 0.922. The van der Waals surface area contributed by atoms with E-state index in [0.29, 0.717) is 0 Å². The summed E-state index contributed by atoms with van der Waals surface area (Å²) in [5, 5.41) is 0. The van der Waals surface area contributed by atoms with Gasteiger partial charge in [0.2, 0.25) is 0 Å². The van der Waals surface area contributed by atoms with Crippen molar-refractivity contribution in [3.8, 4) is 5.75 Å². The van der Waals surface area contributed by atoms with Crippen LogP contribution in [-0.4, -0.2) is 32.1 Å². The number of rotatable bonds is 2. The standard InChI is InChI=1S/C14H19NO/c1-15-9-7-13(8-10-15)11-12-3-5-14(16-2)6-4-12/h3-6,11H,7-10H2,1-2H3. The van der Waals surface area contributed by atoms with Gasteiger partial charge in [0, 0.05) is 13.1 Å². The van der Waals surface area contributed by atoms with Crippen LogP contribution in [0, 0.1) is 0 Å². The zero-order chi connectivity index (χ0) is 11.4. The van der Waals surface area contributed by atoms with Crippen LogP contribution in [0.4, 0.5) is 0 Å². The molecule has 0 saturated carbocycles. The summed E-state index contributed by atoms with van der Waals surface area (Å²) < 4.78 is 5.15. The molecule has 2 rings (SSSR count). The summed E-state index contributed by atoms with van der Waals surface area (Å²) in [5.41, 5.74) is 2.84. The molecule has 2 heteroatoms. The highest BCUT2D eigenvalue weighted by atomic mass is 16.5. The molecule has 1 fully saturated rings. The van der Waals surface area contributed by atoms with E-state index in [1.165, 1.54) is 31.5 Å². The molecular weight excluding hydrogens is 198 g/mol. The molecular formula is C14H19NO. The molecule has 1 aliphatic rings. The summed E-state index contributed by atoms with van der Waals surface area (Å²) in [6.45, 7) is 2.37. The van der Waals surface area contributed by atoms with Gasteiger partial charge in [0.15, 0.2) is 0 Å². The molecule has 0 spiro atoms. The molecule has 0 amide bonds.